The maximum Gasteiger partial charge on any atom is 0.352 e. The van der Waals surface area contributed by atoms with Crippen molar-refractivity contribution in [1.82, 2.24) is 5.32 Å². The molecule has 1 heterocycles. The third-order valence-corrected chi connectivity index (χ3v) is 1.90. The van der Waals surface area contributed by atoms with Gasteiger partial charge in [0.25, 0.3) is 0 Å². The van der Waals surface area contributed by atoms with E-state index in [4.69, 9.17) is 0 Å². The summed E-state index contributed by atoms with van der Waals surface area (Å²) < 4.78 is 0. The smallest absolute Gasteiger partial charge is 0.317 e. The first-order chi connectivity index (χ1) is 7.02. The van der Waals surface area contributed by atoms with Crippen LogP contribution >= 0.6 is 0 Å². The Morgan fingerprint density at radius 1 is 1.07 bits per heavy atom. The number of hydrogen-bond donors (Lipinski definition) is 1. The summed E-state index contributed by atoms with van der Waals surface area (Å²) in [5, 5.41) is 3.32. The van der Waals surface area contributed by atoms with Gasteiger partial charge < -0.3 is 5.32 Å². The predicted molar refractivity (Wildman–Crippen MR) is 54.8 cm³/mol. The third kappa shape index (κ3) is 10.8. The highest BCUT2D eigenvalue weighted by Gasteiger charge is 2.05. The van der Waals surface area contributed by atoms with Crippen molar-refractivity contribution < 1.29 is 19.4 Å². The first kappa shape index (κ1) is 13.9. The normalized spacial score (nSPS) is 15.9. The second-order valence-electron chi connectivity index (χ2n) is 3.58. The van der Waals surface area contributed by atoms with Crippen molar-refractivity contribution in [3.63, 3.8) is 0 Å². The molecule has 0 saturated carbocycles. The maximum absolute atomic E-state index is 9.85. The van der Waals surface area contributed by atoms with Crippen LogP contribution in [0.2, 0.25) is 0 Å². The SMILES string of the molecule is CC(=O)OOC(C)=O.CC1CCNCC1. The molecule has 88 valence electrons. The van der Waals surface area contributed by atoms with E-state index in [1.165, 1.54) is 25.9 Å². The van der Waals surface area contributed by atoms with Gasteiger partial charge in [0.05, 0.1) is 0 Å². The zero-order valence-corrected chi connectivity index (χ0v) is 9.54. The molecule has 0 amide bonds. The van der Waals surface area contributed by atoms with Gasteiger partial charge in [-0.2, -0.15) is 0 Å². The molecule has 1 fully saturated rings. The molecule has 0 aromatic heterocycles. The Bertz CT molecular complexity index is 186. The standard InChI is InChI=1S/C6H13N.C4H6O4/c1-6-2-4-7-5-3-6;1-3(5)7-8-4(2)6/h6-7H,2-5H2,1H3;1-2H3. The minimum Gasteiger partial charge on any atom is -0.317 e. The van der Waals surface area contributed by atoms with Crippen LogP contribution in [-0.2, 0) is 19.4 Å². The van der Waals surface area contributed by atoms with E-state index in [0.717, 1.165) is 19.8 Å². The fourth-order valence-electron chi connectivity index (χ4n) is 1.08. The lowest BCUT2D eigenvalue weighted by molar-refractivity contribution is -0.255. The summed E-state index contributed by atoms with van der Waals surface area (Å²) in [4.78, 5) is 27.3. The molecular weight excluding hydrogens is 198 g/mol. The zero-order valence-electron chi connectivity index (χ0n) is 9.54. The Kier molecular flexibility index (Phi) is 7.62. The maximum atomic E-state index is 9.85. The van der Waals surface area contributed by atoms with Crippen molar-refractivity contribution >= 4 is 11.9 Å². The van der Waals surface area contributed by atoms with Gasteiger partial charge in [0.15, 0.2) is 0 Å². The van der Waals surface area contributed by atoms with Gasteiger partial charge in [0, 0.05) is 13.8 Å². The molecule has 5 heteroatoms. The van der Waals surface area contributed by atoms with E-state index in [9.17, 15) is 9.59 Å². The minimum atomic E-state index is -0.639. The fraction of sp³-hybridized carbons (Fsp3) is 0.800. The van der Waals surface area contributed by atoms with E-state index >= 15 is 0 Å². The Morgan fingerprint density at radius 3 is 1.67 bits per heavy atom. The Hall–Kier alpha value is -1.10. The quantitative estimate of drug-likeness (QED) is 0.485. The number of rotatable bonds is 0. The molecule has 0 spiro atoms. The van der Waals surface area contributed by atoms with Crippen molar-refractivity contribution in [2.75, 3.05) is 13.1 Å². The molecule has 1 rings (SSSR count). The van der Waals surface area contributed by atoms with E-state index in [0.29, 0.717) is 0 Å². The van der Waals surface area contributed by atoms with Crippen LogP contribution in [0.15, 0.2) is 0 Å². The topological polar surface area (TPSA) is 64.6 Å². The van der Waals surface area contributed by atoms with Crippen molar-refractivity contribution in [2.24, 2.45) is 5.92 Å². The summed E-state index contributed by atoms with van der Waals surface area (Å²) in [6.45, 7) is 7.08. The summed E-state index contributed by atoms with van der Waals surface area (Å²) in [7, 11) is 0. The molecule has 0 radical (unpaired) electrons. The predicted octanol–water partition coefficient (Wildman–Crippen LogP) is 1.03. The molecule has 1 saturated heterocycles. The van der Waals surface area contributed by atoms with Gasteiger partial charge in [-0.25, -0.2) is 19.4 Å². The number of piperidine rings is 1. The molecule has 0 atom stereocenters. The lowest BCUT2D eigenvalue weighted by Crippen LogP contribution is -2.26. The fourth-order valence-corrected chi connectivity index (χ4v) is 1.08. The van der Waals surface area contributed by atoms with Crippen molar-refractivity contribution in [3.8, 4) is 0 Å². The number of hydrogen-bond acceptors (Lipinski definition) is 5. The lowest BCUT2D eigenvalue weighted by atomic mass is 10.0. The van der Waals surface area contributed by atoms with Crippen LogP contribution in [0.25, 0.3) is 0 Å². The largest absolute Gasteiger partial charge is 0.352 e. The van der Waals surface area contributed by atoms with Gasteiger partial charge in [0.1, 0.15) is 0 Å². The van der Waals surface area contributed by atoms with Crippen LogP contribution in [0.5, 0.6) is 0 Å². The van der Waals surface area contributed by atoms with E-state index in [2.05, 4.69) is 22.0 Å². The molecule has 15 heavy (non-hydrogen) atoms. The molecule has 1 aliphatic heterocycles. The van der Waals surface area contributed by atoms with Gasteiger partial charge in [-0.05, 0) is 31.8 Å². The average Bonchev–Trinajstić information content (AvgIpc) is 2.17. The van der Waals surface area contributed by atoms with Crippen LogP contribution < -0.4 is 5.32 Å². The Morgan fingerprint density at radius 2 is 1.47 bits per heavy atom. The molecule has 1 N–H and O–H groups in total. The molecule has 5 nitrogen and oxygen atoms in total. The van der Waals surface area contributed by atoms with Crippen molar-refractivity contribution in [3.05, 3.63) is 0 Å². The van der Waals surface area contributed by atoms with Gasteiger partial charge in [-0.15, -0.1) is 0 Å². The molecule has 0 unspecified atom stereocenters. The van der Waals surface area contributed by atoms with E-state index in [-0.39, 0.29) is 0 Å². The van der Waals surface area contributed by atoms with Gasteiger partial charge in [-0.1, -0.05) is 6.92 Å². The van der Waals surface area contributed by atoms with E-state index in [1.54, 1.807) is 0 Å². The van der Waals surface area contributed by atoms with Crippen LogP contribution in [0.3, 0.4) is 0 Å². The second-order valence-corrected chi connectivity index (χ2v) is 3.58. The zero-order chi connectivity index (χ0) is 11.7. The second kappa shape index (κ2) is 8.23. The summed E-state index contributed by atoms with van der Waals surface area (Å²) >= 11 is 0. The summed E-state index contributed by atoms with van der Waals surface area (Å²) in [5.41, 5.74) is 0. The van der Waals surface area contributed by atoms with Crippen LogP contribution in [-0.4, -0.2) is 25.0 Å². The Balaban J connectivity index is 0.000000262. The molecule has 1 aliphatic rings. The first-order valence-corrected chi connectivity index (χ1v) is 5.08. The van der Waals surface area contributed by atoms with Crippen LogP contribution in [0.4, 0.5) is 0 Å². The van der Waals surface area contributed by atoms with E-state index in [1.807, 2.05) is 0 Å². The molecular formula is C10H19NO4. The van der Waals surface area contributed by atoms with E-state index < -0.39 is 11.9 Å². The van der Waals surface area contributed by atoms with Crippen molar-refractivity contribution in [2.45, 2.75) is 33.6 Å². The minimum absolute atomic E-state index is 0.639. The van der Waals surface area contributed by atoms with Crippen molar-refractivity contribution in [1.29, 1.82) is 0 Å². The first-order valence-electron chi connectivity index (χ1n) is 5.08. The van der Waals surface area contributed by atoms with Gasteiger partial charge >= 0.3 is 11.9 Å². The number of carbonyl (C=O) groups excluding carboxylic acids is 2. The van der Waals surface area contributed by atoms with Crippen LogP contribution in [0, 0.1) is 5.92 Å². The summed E-state index contributed by atoms with van der Waals surface area (Å²) in [6, 6.07) is 0. The Labute approximate surface area is 90.1 Å². The molecule has 0 aromatic carbocycles. The third-order valence-electron chi connectivity index (χ3n) is 1.90. The van der Waals surface area contributed by atoms with Gasteiger partial charge in [0.2, 0.25) is 0 Å². The highest BCUT2D eigenvalue weighted by Crippen LogP contribution is 2.08. The molecule has 0 bridgehead atoms. The monoisotopic (exact) mass is 217 g/mol. The average molecular weight is 217 g/mol. The number of nitrogens with one attached hydrogen (secondary N) is 1. The van der Waals surface area contributed by atoms with Gasteiger partial charge in [-0.3, -0.25) is 0 Å². The highest BCUT2D eigenvalue weighted by molar-refractivity contribution is 5.69. The summed E-state index contributed by atoms with van der Waals surface area (Å²) in [6.07, 6.45) is 2.75. The molecule has 0 aliphatic carbocycles. The van der Waals surface area contributed by atoms with Crippen LogP contribution in [0.1, 0.15) is 33.6 Å². The number of carbonyl (C=O) groups is 2. The lowest BCUT2D eigenvalue weighted by Gasteiger charge is -2.17. The summed E-state index contributed by atoms with van der Waals surface area (Å²) in [5.74, 6) is -0.304. The molecule has 0 aromatic rings. The highest BCUT2D eigenvalue weighted by atomic mass is 17.2.